The highest BCUT2D eigenvalue weighted by Crippen LogP contribution is 2.28. The van der Waals surface area contributed by atoms with Gasteiger partial charge in [0.05, 0.1) is 12.6 Å². The number of ketones is 1. The van der Waals surface area contributed by atoms with Crippen molar-refractivity contribution in [3.05, 3.63) is 29.6 Å². The fraction of sp³-hybridized carbons (Fsp3) is 0.529. The van der Waals surface area contributed by atoms with Gasteiger partial charge in [0.15, 0.2) is 17.3 Å². The van der Waals surface area contributed by atoms with Crippen molar-refractivity contribution in [2.75, 3.05) is 13.7 Å². The molecule has 0 aliphatic heterocycles. The van der Waals surface area contributed by atoms with Gasteiger partial charge < -0.3 is 15.8 Å². The monoisotopic (exact) mass is 358 g/mol. The first-order valence-corrected chi connectivity index (χ1v) is 7.87. The van der Waals surface area contributed by atoms with Gasteiger partial charge in [0, 0.05) is 24.9 Å². The lowest BCUT2D eigenvalue weighted by Gasteiger charge is -2.28. The van der Waals surface area contributed by atoms with Gasteiger partial charge in [0.1, 0.15) is 0 Å². The Morgan fingerprint density at radius 3 is 2.50 bits per heavy atom. The van der Waals surface area contributed by atoms with Crippen molar-refractivity contribution in [3.63, 3.8) is 0 Å². The highest BCUT2D eigenvalue weighted by molar-refractivity contribution is 5.98. The van der Waals surface area contributed by atoms with Crippen LogP contribution < -0.4 is 15.8 Å². The zero-order valence-electron chi connectivity index (χ0n) is 13.8. The lowest BCUT2D eigenvalue weighted by atomic mass is 9.97. The summed E-state index contributed by atoms with van der Waals surface area (Å²) in [4.78, 5) is 24.1. The van der Waals surface area contributed by atoms with Crippen LogP contribution in [0.5, 0.6) is 5.75 Å². The molecule has 1 aliphatic rings. The second-order valence-corrected chi connectivity index (χ2v) is 6.01. The molecular weight excluding hydrogens is 335 g/mol. The number of carbonyl (C=O) groups is 2. The van der Waals surface area contributed by atoms with E-state index in [0.717, 1.165) is 31.7 Å². The van der Waals surface area contributed by atoms with Gasteiger partial charge in [0.25, 0.3) is 0 Å². The highest BCUT2D eigenvalue weighted by atomic mass is 35.5. The van der Waals surface area contributed by atoms with E-state index < -0.39 is 5.82 Å². The number of hydrogen-bond acceptors (Lipinski definition) is 4. The molecule has 5 nitrogen and oxygen atoms in total. The van der Waals surface area contributed by atoms with E-state index in [4.69, 9.17) is 10.5 Å². The normalized spacial score (nSPS) is 15.5. The van der Waals surface area contributed by atoms with E-state index in [-0.39, 0.29) is 53.8 Å². The minimum atomic E-state index is -0.587. The number of ether oxygens (including phenoxy) is 1. The molecule has 1 aliphatic carbocycles. The quantitative estimate of drug-likeness (QED) is 0.734. The molecule has 2 rings (SSSR count). The lowest BCUT2D eigenvalue weighted by molar-refractivity contribution is -0.122. The Labute approximate surface area is 147 Å². The van der Waals surface area contributed by atoms with Crippen LogP contribution in [0.15, 0.2) is 18.2 Å². The predicted octanol–water partition coefficient (Wildman–Crippen LogP) is 2.61. The number of rotatable bonds is 7. The van der Waals surface area contributed by atoms with E-state index in [1.165, 1.54) is 19.2 Å². The number of nitrogens with two attached hydrogens (primary N) is 1. The molecule has 1 fully saturated rings. The molecule has 1 saturated carbocycles. The van der Waals surface area contributed by atoms with Crippen molar-refractivity contribution in [1.29, 1.82) is 0 Å². The Bertz CT molecular complexity index is 589. The zero-order chi connectivity index (χ0) is 16.9. The Balaban J connectivity index is 0.00000288. The minimum absolute atomic E-state index is 0. The van der Waals surface area contributed by atoms with Crippen LogP contribution in [0.1, 0.15) is 48.9 Å². The maximum absolute atomic E-state index is 13.6. The molecule has 0 radical (unpaired) electrons. The van der Waals surface area contributed by atoms with Gasteiger partial charge in [-0.2, -0.15) is 0 Å². The number of halogens is 2. The highest BCUT2D eigenvalue weighted by Gasteiger charge is 2.33. The van der Waals surface area contributed by atoms with Crippen molar-refractivity contribution < 1.29 is 18.7 Å². The van der Waals surface area contributed by atoms with Crippen molar-refractivity contribution in [2.24, 2.45) is 5.73 Å². The van der Waals surface area contributed by atoms with E-state index in [1.54, 1.807) is 0 Å². The summed E-state index contributed by atoms with van der Waals surface area (Å²) in [5.41, 5.74) is 5.70. The maximum atomic E-state index is 13.6. The number of benzene rings is 1. The van der Waals surface area contributed by atoms with E-state index in [9.17, 15) is 14.0 Å². The van der Waals surface area contributed by atoms with Crippen LogP contribution in [-0.4, -0.2) is 30.9 Å². The molecule has 0 atom stereocenters. The first-order chi connectivity index (χ1) is 11.0. The van der Waals surface area contributed by atoms with Crippen molar-refractivity contribution >= 4 is 24.1 Å². The maximum Gasteiger partial charge on any atom is 0.220 e. The molecule has 0 aromatic heterocycles. The number of carbonyl (C=O) groups excluding carboxylic acids is 2. The van der Waals surface area contributed by atoms with Crippen LogP contribution in [0.4, 0.5) is 4.39 Å². The van der Waals surface area contributed by atoms with Gasteiger partial charge in [-0.3, -0.25) is 9.59 Å². The minimum Gasteiger partial charge on any atom is -0.494 e. The molecule has 0 bridgehead atoms. The summed E-state index contributed by atoms with van der Waals surface area (Å²) in [5.74, 6) is -0.948. The van der Waals surface area contributed by atoms with Gasteiger partial charge in [-0.1, -0.05) is 12.8 Å². The molecule has 0 heterocycles. The Hall–Kier alpha value is -1.66. The number of methoxy groups -OCH3 is 1. The number of nitrogens with one attached hydrogen (secondary N) is 1. The van der Waals surface area contributed by atoms with E-state index >= 15 is 0 Å². The molecule has 24 heavy (non-hydrogen) atoms. The van der Waals surface area contributed by atoms with Crippen LogP contribution in [0.25, 0.3) is 0 Å². The number of hydrogen-bond donors (Lipinski definition) is 2. The van der Waals surface area contributed by atoms with Crippen LogP contribution in [0.2, 0.25) is 0 Å². The summed E-state index contributed by atoms with van der Waals surface area (Å²) in [6, 6.07) is 4.04. The van der Waals surface area contributed by atoms with Crippen molar-refractivity contribution in [2.45, 2.75) is 44.1 Å². The Morgan fingerprint density at radius 2 is 1.96 bits per heavy atom. The largest absolute Gasteiger partial charge is 0.494 e. The lowest BCUT2D eigenvalue weighted by Crippen LogP contribution is -2.51. The molecular formula is C17H24ClFN2O3. The number of amides is 1. The third-order valence-electron chi connectivity index (χ3n) is 4.41. The smallest absolute Gasteiger partial charge is 0.220 e. The molecule has 134 valence electrons. The third kappa shape index (κ3) is 4.92. The summed E-state index contributed by atoms with van der Waals surface area (Å²) >= 11 is 0. The molecule has 1 aromatic rings. The summed E-state index contributed by atoms with van der Waals surface area (Å²) < 4.78 is 18.4. The average Bonchev–Trinajstić information content (AvgIpc) is 3.01. The fourth-order valence-electron chi connectivity index (χ4n) is 3.00. The first kappa shape index (κ1) is 20.4. The molecule has 1 amide bonds. The van der Waals surface area contributed by atoms with Crippen LogP contribution >= 0.6 is 12.4 Å². The third-order valence-corrected chi connectivity index (χ3v) is 4.41. The Morgan fingerprint density at radius 1 is 1.29 bits per heavy atom. The SMILES string of the molecule is COc1ccc(C(=O)CCC(=O)NC2(CN)CCCC2)cc1F.Cl. The zero-order valence-corrected chi connectivity index (χ0v) is 14.6. The van der Waals surface area contributed by atoms with Crippen molar-refractivity contribution in [1.82, 2.24) is 5.32 Å². The van der Waals surface area contributed by atoms with E-state index in [0.29, 0.717) is 6.54 Å². The molecule has 3 N–H and O–H groups in total. The molecule has 7 heteroatoms. The van der Waals surface area contributed by atoms with Gasteiger partial charge in [-0.15, -0.1) is 12.4 Å². The van der Waals surface area contributed by atoms with Gasteiger partial charge >= 0.3 is 0 Å². The molecule has 0 spiro atoms. The molecule has 1 aromatic carbocycles. The first-order valence-electron chi connectivity index (χ1n) is 7.87. The number of Topliss-reactive ketones (excluding diaryl/α,β-unsaturated/α-hetero) is 1. The second kappa shape index (κ2) is 8.99. The van der Waals surface area contributed by atoms with Gasteiger partial charge in [0.2, 0.25) is 5.91 Å². The molecule has 0 unspecified atom stereocenters. The topological polar surface area (TPSA) is 81.4 Å². The standard InChI is InChI=1S/C17H23FN2O3.ClH/c1-23-15-6-4-12(10-13(15)18)14(21)5-7-16(22)20-17(11-19)8-2-3-9-17;/h4,6,10H,2-3,5,7-9,11,19H2,1H3,(H,20,22);1H. The van der Waals surface area contributed by atoms with E-state index in [1.807, 2.05) is 0 Å². The van der Waals surface area contributed by atoms with Crippen LogP contribution in [-0.2, 0) is 4.79 Å². The summed E-state index contributed by atoms with van der Waals surface area (Å²) in [7, 11) is 1.36. The second-order valence-electron chi connectivity index (χ2n) is 6.01. The van der Waals surface area contributed by atoms with Crippen molar-refractivity contribution in [3.8, 4) is 5.75 Å². The van der Waals surface area contributed by atoms with Crippen LogP contribution in [0.3, 0.4) is 0 Å². The molecule has 0 saturated heterocycles. The van der Waals surface area contributed by atoms with Crippen LogP contribution in [0, 0.1) is 5.82 Å². The van der Waals surface area contributed by atoms with E-state index in [2.05, 4.69) is 5.32 Å². The Kier molecular flexibility index (Phi) is 7.63. The summed E-state index contributed by atoms with van der Waals surface area (Å²) in [5, 5.41) is 2.97. The summed E-state index contributed by atoms with van der Waals surface area (Å²) in [6.07, 6.45) is 4.00. The average molecular weight is 359 g/mol. The summed E-state index contributed by atoms with van der Waals surface area (Å²) in [6.45, 7) is 0.413. The predicted molar refractivity (Wildman–Crippen MR) is 92.2 cm³/mol. The van der Waals surface area contributed by atoms with Gasteiger partial charge in [-0.05, 0) is 31.0 Å². The fourth-order valence-corrected chi connectivity index (χ4v) is 3.00. The van der Waals surface area contributed by atoms with Gasteiger partial charge in [-0.25, -0.2) is 4.39 Å².